The Bertz CT molecular complexity index is 779. The highest BCUT2D eigenvalue weighted by atomic mass is 16.3. The van der Waals surface area contributed by atoms with E-state index in [4.69, 9.17) is 0 Å². The monoisotopic (exact) mass is 252 g/mol. The van der Waals surface area contributed by atoms with Crippen molar-refractivity contribution in [3.05, 3.63) is 64.4 Å². The number of benzene rings is 2. The standard InChI is InChI=1S/C15H12N2O2/c18-9-11-7-4-8-12-13(11)16-14(17-15(12)19)10-5-2-1-3-6-10/h1-8,18H,9H2,(H,16,17,19). The van der Waals surface area contributed by atoms with Gasteiger partial charge in [-0.15, -0.1) is 0 Å². The summed E-state index contributed by atoms with van der Waals surface area (Å²) in [5, 5.41) is 9.83. The predicted octanol–water partition coefficient (Wildman–Crippen LogP) is 2.08. The lowest BCUT2D eigenvalue weighted by molar-refractivity contribution is 0.283. The summed E-state index contributed by atoms with van der Waals surface area (Å²) in [5.41, 5.74) is 1.85. The van der Waals surface area contributed by atoms with E-state index < -0.39 is 0 Å². The molecule has 0 saturated carbocycles. The zero-order chi connectivity index (χ0) is 13.2. The molecule has 1 aromatic heterocycles. The third-order valence-electron chi connectivity index (χ3n) is 3.04. The van der Waals surface area contributed by atoms with Crippen molar-refractivity contribution in [2.24, 2.45) is 0 Å². The zero-order valence-electron chi connectivity index (χ0n) is 10.1. The van der Waals surface area contributed by atoms with Crippen molar-refractivity contribution in [2.75, 3.05) is 0 Å². The van der Waals surface area contributed by atoms with Crippen LogP contribution in [0.15, 0.2) is 53.3 Å². The summed E-state index contributed by atoms with van der Waals surface area (Å²) in [6, 6.07) is 14.7. The highest BCUT2D eigenvalue weighted by Gasteiger charge is 2.08. The van der Waals surface area contributed by atoms with E-state index in [2.05, 4.69) is 9.97 Å². The van der Waals surface area contributed by atoms with E-state index in [9.17, 15) is 9.90 Å². The van der Waals surface area contributed by atoms with Crippen LogP contribution in [-0.2, 0) is 6.61 Å². The second-order valence-electron chi connectivity index (χ2n) is 4.25. The summed E-state index contributed by atoms with van der Waals surface area (Å²) in [7, 11) is 0. The van der Waals surface area contributed by atoms with Crippen LogP contribution in [0.3, 0.4) is 0 Å². The molecule has 3 aromatic rings. The van der Waals surface area contributed by atoms with Gasteiger partial charge in [-0.25, -0.2) is 4.98 Å². The normalized spacial score (nSPS) is 10.8. The molecule has 0 spiro atoms. The van der Waals surface area contributed by atoms with E-state index in [0.717, 1.165) is 5.56 Å². The van der Waals surface area contributed by atoms with Crippen molar-refractivity contribution < 1.29 is 5.11 Å². The van der Waals surface area contributed by atoms with Gasteiger partial charge in [-0.2, -0.15) is 0 Å². The van der Waals surface area contributed by atoms with Crippen LogP contribution in [0.2, 0.25) is 0 Å². The molecule has 2 aromatic carbocycles. The molecule has 0 atom stereocenters. The molecule has 4 nitrogen and oxygen atoms in total. The van der Waals surface area contributed by atoms with Gasteiger partial charge in [0.1, 0.15) is 5.82 Å². The fourth-order valence-electron chi connectivity index (χ4n) is 2.08. The molecule has 19 heavy (non-hydrogen) atoms. The van der Waals surface area contributed by atoms with Crippen LogP contribution in [-0.4, -0.2) is 15.1 Å². The molecule has 1 heterocycles. The zero-order valence-corrected chi connectivity index (χ0v) is 10.1. The maximum Gasteiger partial charge on any atom is 0.259 e. The van der Waals surface area contributed by atoms with Gasteiger partial charge >= 0.3 is 0 Å². The van der Waals surface area contributed by atoms with Gasteiger partial charge in [0.25, 0.3) is 5.56 Å². The van der Waals surface area contributed by atoms with Crippen molar-refractivity contribution >= 4 is 10.9 Å². The molecule has 0 fully saturated rings. The second kappa shape index (κ2) is 4.66. The fraction of sp³-hybridized carbons (Fsp3) is 0.0667. The summed E-state index contributed by atoms with van der Waals surface area (Å²) in [6.45, 7) is -0.137. The molecule has 0 unspecified atom stereocenters. The Labute approximate surface area is 109 Å². The maximum atomic E-state index is 12.1. The van der Waals surface area contributed by atoms with Crippen LogP contribution in [0.25, 0.3) is 22.3 Å². The lowest BCUT2D eigenvalue weighted by Gasteiger charge is -2.05. The minimum atomic E-state index is -0.195. The van der Waals surface area contributed by atoms with Crippen LogP contribution in [0.4, 0.5) is 0 Å². The topological polar surface area (TPSA) is 66.0 Å². The summed E-state index contributed by atoms with van der Waals surface area (Å²) in [6.07, 6.45) is 0. The molecule has 4 heteroatoms. The number of nitrogens with zero attached hydrogens (tertiary/aromatic N) is 1. The molecule has 0 aliphatic rings. The van der Waals surface area contributed by atoms with Crippen molar-refractivity contribution in [1.82, 2.24) is 9.97 Å². The Morgan fingerprint density at radius 3 is 2.58 bits per heavy atom. The van der Waals surface area contributed by atoms with E-state index in [-0.39, 0.29) is 12.2 Å². The van der Waals surface area contributed by atoms with Gasteiger partial charge in [-0.3, -0.25) is 4.79 Å². The number of hydrogen-bond donors (Lipinski definition) is 2. The largest absolute Gasteiger partial charge is 0.392 e. The molecular formula is C15H12N2O2. The van der Waals surface area contributed by atoms with E-state index >= 15 is 0 Å². The molecule has 0 saturated heterocycles. The van der Waals surface area contributed by atoms with Crippen LogP contribution < -0.4 is 5.56 Å². The number of nitrogens with one attached hydrogen (secondary N) is 1. The fourth-order valence-corrected chi connectivity index (χ4v) is 2.08. The highest BCUT2D eigenvalue weighted by molar-refractivity contribution is 5.82. The van der Waals surface area contributed by atoms with Gasteiger partial charge in [0, 0.05) is 11.1 Å². The lowest BCUT2D eigenvalue weighted by Crippen LogP contribution is -2.10. The first-order valence-corrected chi connectivity index (χ1v) is 5.98. The second-order valence-corrected chi connectivity index (χ2v) is 4.25. The highest BCUT2D eigenvalue weighted by Crippen LogP contribution is 2.18. The molecule has 0 amide bonds. The minimum Gasteiger partial charge on any atom is -0.392 e. The Balaban J connectivity index is 2.33. The van der Waals surface area contributed by atoms with Gasteiger partial charge in [-0.05, 0) is 6.07 Å². The number of aliphatic hydroxyl groups excluding tert-OH is 1. The molecular weight excluding hydrogens is 240 g/mol. The smallest absolute Gasteiger partial charge is 0.259 e. The number of H-pyrrole nitrogens is 1. The Morgan fingerprint density at radius 1 is 1.05 bits per heavy atom. The Kier molecular flexibility index (Phi) is 2.85. The van der Waals surface area contributed by atoms with Crippen LogP contribution in [0, 0.1) is 0 Å². The number of hydrogen-bond acceptors (Lipinski definition) is 3. The first-order valence-electron chi connectivity index (χ1n) is 5.98. The average Bonchev–Trinajstić information content (AvgIpc) is 2.47. The van der Waals surface area contributed by atoms with Crippen molar-refractivity contribution in [3.8, 4) is 11.4 Å². The average molecular weight is 252 g/mol. The maximum absolute atomic E-state index is 12.1. The van der Waals surface area contributed by atoms with Crippen molar-refractivity contribution in [3.63, 3.8) is 0 Å². The molecule has 0 radical (unpaired) electrons. The molecule has 94 valence electrons. The first kappa shape index (κ1) is 11.6. The number of rotatable bonds is 2. The summed E-state index contributed by atoms with van der Waals surface area (Å²) < 4.78 is 0. The van der Waals surface area contributed by atoms with E-state index in [1.165, 1.54) is 0 Å². The Hall–Kier alpha value is -2.46. The van der Waals surface area contributed by atoms with Crippen molar-refractivity contribution in [2.45, 2.75) is 6.61 Å². The van der Waals surface area contributed by atoms with E-state index in [1.807, 2.05) is 30.3 Å². The van der Waals surface area contributed by atoms with Crippen LogP contribution >= 0.6 is 0 Å². The third-order valence-corrected chi connectivity index (χ3v) is 3.04. The summed E-state index contributed by atoms with van der Waals surface area (Å²) in [4.78, 5) is 19.3. The Morgan fingerprint density at radius 2 is 1.84 bits per heavy atom. The van der Waals surface area contributed by atoms with Gasteiger partial charge in [0.2, 0.25) is 0 Å². The van der Waals surface area contributed by atoms with Crippen LogP contribution in [0.5, 0.6) is 0 Å². The van der Waals surface area contributed by atoms with Gasteiger partial charge < -0.3 is 10.1 Å². The van der Waals surface area contributed by atoms with Gasteiger partial charge in [0.15, 0.2) is 0 Å². The summed E-state index contributed by atoms with van der Waals surface area (Å²) in [5.74, 6) is 0.513. The molecule has 3 rings (SSSR count). The number of para-hydroxylation sites is 1. The SMILES string of the molecule is O=c1[nH]c(-c2ccccc2)nc2c(CO)cccc12. The quantitative estimate of drug-likeness (QED) is 0.733. The predicted molar refractivity (Wildman–Crippen MR) is 73.7 cm³/mol. The van der Waals surface area contributed by atoms with E-state index in [0.29, 0.717) is 22.3 Å². The van der Waals surface area contributed by atoms with Gasteiger partial charge in [0.05, 0.1) is 17.5 Å². The molecule has 2 N–H and O–H groups in total. The number of aromatic nitrogens is 2. The van der Waals surface area contributed by atoms with Crippen molar-refractivity contribution in [1.29, 1.82) is 0 Å². The number of aliphatic hydroxyl groups is 1. The first-order chi connectivity index (χ1) is 9.29. The van der Waals surface area contributed by atoms with Gasteiger partial charge in [-0.1, -0.05) is 42.5 Å². The molecule has 0 aliphatic heterocycles. The third kappa shape index (κ3) is 2.02. The molecule has 0 aliphatic carbocycles. The van der Waals surface area contributed by atoms with E-state index in [1.54, 1.807) is 18.2 Å². The van der Waals surface area contributed by atoms with Crippen LogP contribution in [0.1, 0.15) is 5.56 Å². The molecule has 0 bridgehead atoms. The minimum absolute atomic E-state index is 0.137. The summed E-state index contributed by atoms with van der Waals surface area (Å²) >= 11 is 0. The number of fused-ring (bicyclic) bond motifs is 1. The lowest BCUT2D eigenvalue weighted by atomic mass is 10.1. The number of aromatic amines is 1.